The van der Waals surface area contributed by atoms with Crippen LogP contribution in [0.3, 0.4) is 0 Å². The van der Waals surface area contributed by atoms with E-state index >= 15 is 0 Å². The van der Waals surface area contributed by atoms with Crippen LogP contribution in [0.15, 0.2) is 14.4 Å². The summed E-state index contributed by atoms with van der Waals surface area (Å²) >= 11 is 0. The Morgan fingerprint density at radius 3 is 1.83 bits per heavy atom. The third kappa shape index (κ3) is 7.38. The quantitative estimate of drug-likeness (QED) is 0.220. The van der Waals surface area contributed by atoms with E-state index in [0.717, 1.165) is 47.7 Å². The fraction of sp³-hybridized carbons (Fsp3) is 0.786. The topological polar surface area (TPSA) is 178 Å². The van der Waals surface area contributed by atoms with Crippen LogP contribution in [0, 0.1) is 11.8 Å². The summed E-state index contributed by atoms with van der Waals surface area (Å²) in [6.07, 6.45) is 6.46. The van der Waals surface area contributed by atoms with Gasteiger partial charge < -0.3 is 24.1 Å². The number of fused-ring (bicyclic) bond motifs is 3. The summed E-state index contributed by atoms with van der Waals surface area (Å²) in [6.45, 7) is -0.173. The van der Waals surface area contributed by atoms with Gasteiger partial charge in [-0.05, 0) is 50.9 Å². The zero-order chi connectivity index (χ0) is 29.8. The minimum Gasteiger partial charge on any atom is -0.481 e. The molecule has 14 nitrogen and oxygen atoms in total. The molecule has 0 amide bonds. The van der Waals surface area contributed by atoms with E-state index in [1.165, 1.54) is 0 Å². The molecule has 0 aromatic carbocycles. The van der Waals surface area contributed by atoms with Crippen molar-refractivity contribution in [3.05, 3.63) is 31.5 Å². The Kier molecular flexibility index (Phi) is 9.61. The molecule has 5 aliphatic rings. The van der Waals surface area contributed by atoms with Crippen molar-refractivity contribution in [3.63, 3.8) is 0 Å². The monoisotopic (exact) mass is 593 g/mol. The van der Waals surface area contributed by atoms with Crippen LogP contribution in [0.25, 0.3) is 0 Å². The van der Waals surface area contributed by atoms with Crippen molar-refractivity contribution < 1.29 is 38.4 Å². The van der Waals surface area contributed by atoms with Gasteiger partial charge in [-0.25, -0.2) is 28.1 Å². The molecule has 1 aromatic rings. The number of carboxylic acid groups (broad SMARTS) is 1. The van der Waals surface area contributed by atoms with Gasteiger partial charge in [-0.3, -0.25) is 14.4 Å². The lowest BCUT2D eigenvalue weighted by Gasteiger charge is -2.46. The van der Waals surface area contributed by atoms with Gasteiger partial charge in [-0.15, -0.1) is 0 Å². The van der Waals surface area contributed by atoms with Crippen LogP contribution in [0.1, 0.15) is 70.6 Å². The van der Waals surface area contributed by atoms with Crippen molar-refractivity contribution in [1.82, 2.24) is 13.7 Å². The molecule has 6 atom stereocenters. The molecule has 1 N–H and O–H groups in total. The molecule has 14 heteroatoms. The fourth-order valence-corrected chi connectivity index (χ4v) is 6.18. The van der Waals surface area contributed by atoms with Gasteiger partial charge in [0, 0.05) is 44.8 Å². The highest BCUT2D eigenvalue weighted by Crippen LogP contribution is 2.40. The Morgan fingerprint density at radius 1 is 0.690 bits per heavy atom. The Balaban J connectivity index is 1.15. The zero-order valence-electron chi connectivity index (χ0n) is 23.6. The SMILES string of the molecule is O=C(O)CCn1c(=O)n(CCCC(=O)OCC2CCC3OC3C2)c(=O)n(CCCC(=O)OCC2CCC3CC2O3)c1=O. The normalized spacial score (nSPS) is 27.4. The standard InChI is InChI=1S/C28H39N3O11/c32-23(33)9-12-31-27(37)29(10-1-3-24(34)39-15-17-5-8-20-22(13-17)42-20)26(36)30(28(31)38)11-2-4-25(35)40-16-18-6-7-19-14-21(18)41-19/h17-22H,1-16H2,(H,32,33). The second kappa shape index (κ2) is 13.4. The first-order valence-electron chi connectivity index (χ1n) is 15.0. The molecule has 4 heterocycles. The fourth-order valence-electron chi connectivity index (χ4n) is 6.18. The second-order valence-corrected chi connectivity index (χ2v) is 11.8. The average Bonchev–Trinajstić information content (AvgIpc) is 3.73. The van der Waals surface area contributed by atoms with E-state index in [1.54, 1.807) is 0 Å². The van der Waals surface area contributed by atoms with Gasteiger partial charge in [0.05, 0.1) is 44.1 Å². The van der Waals surface area contributed by atoms with Crippen molar-refractivity contribution in [2.45, 2.75) is 115 Å². The number of carbonyl (C=O) groups excluding carboxylic acids is 2. The van der Waals surface area contributed by atoms with Crippen molar-refractivity contribution in [3.8, 4) is 0 Å². The van der Waals surface area contributed by atoms with Gasteiger partial charge in [0.15, 0.2) is 0 Å². The number of carbonyl (C=O) groups is 3. The molecule has 1 aromatic heterocycles. The highest BCUT2D eigenvalue weighted by Gasteiger charge is 2.44. The zero-order valence-corrected chi connectivity index (χ0v) is 23.6. The van der Waals surface area contributed by atoms with Crippen LogP contribution >= 0.6 is 0 Å². The van der Waals surface area contributed by atoms with E-state index in [0.29, 0.717) is 23.4 Å². The molecule has 5 fully saturated rings. The molecular weight excluding hydrogens is 554 g/mol. The first kappa shape index (κ1) is 30.2. The smallest absolute Gasteiger partial charge is 0.336 e. The van der Waals surface area contributed by atoms with E-state index < -0.39 is 47.9 Å². The molecule has 0 radical (unpaired) electrons. The lowest BCUT2D eigenvalue weighted by Crippen LogP contribution is -2.54. The molecule has 2 bridgehead atoms. The number of epoxide rings is 1. The predicted octanol–water partition coefficient (Wildman–Crippen LogP) is 0.428. The summed E-state index contributed by atoms with van der Waals surface area (Å²) in [5, 5.41) is 9.07. The molecule has 2 aliphatic carbocycles. The summed E-state index contributed by atoms with van der Waals surface area (Å²) in [7, 11) is 0. The average molecular weight is 594 g/mol. The Morgan fingerprint density at radius 2 is 1.29 bits per heavy atom. The van der Waals surface area contributed by atoms with Crippen molar-refractivity contribution in [2.75, 3.05) is 13.2 Å². The maximum atomic E-state index is 13.1. The Hall–Kier alpha value is -3.26. The van der Waals surface area contributed by atoms with E-state index in [1.807, 2.05) is 0 Å². The van der Waals surface area contributed by atoms with E-state index in [-0.39, 0.29) is 69.4 Å². The summed E-state index contributed by atoms with van der Waals surface area (Å²) in [5.41, 5.74) is -2.76. The summed E-state index contributed by atoms with van der Waals surface area (Å²) in [5.74, 6) is -1.68. The molecule has 6 unspecified atom stereocenters. The summed E-state index contributed by atoms with van der Waals surface area (Å²) in [6, 6.07) is 0. The molecule has 3 saturated heterocycles. The number of aromatic nitrogens is 3. The third-order valence-electron chi connectivity index (χ3n) is 8.76. The molecule has 2 saturated carbocycles. The lowest BCUT2D eigenvalue weighted by molar-refractivity contribution is -0.196. The number of hydrogen-bond donors (Lipinski definition) is 1. The number of nitrogens with zero attached hydrogens (tertiary/aromatic N) is 3. The number of esters is 2. The highest BCUT2D eigenvalue weighted by molar-refractivity contribution is 5.69. The van der Waals surface area contributed by atoms with E-state index in [2.05, 4.69) is 0 Å². The maximum Gasteiger partial charge on any atom is 0.336 e. The van der Waals surface area contributed by atoms with Crippen LogP contribution < -0.4 is 17.1 Å². The highest BCUT2D eigenvalue weighted by atomic mass is 16.6. The van der Waals surface area contributed by atoms with Gasteiger partial charge >= 0.3 is 35.0 Å². The number of ether oxygens (including phenoxy) is 4. The van der Waals surface area contributed by atoms with E-state index in [4.69, 9.17) is 24.1 Å². The van der Waals surface area contributed by atoms with Crippen LogP contribution in [-0.4, -0.2) is 74.3 Å². The van der Waals surface area contributed by atoms with Gasteiger partial charge in [-0.1, -0.05) is 0 Å². The first-order chi connectivity index (χ1) is 20.2. The molecule has 6 rings (SSSR count). The van der Waals surface area contributed by atoms with Crippen LogP contribution in [0.4, 0.5) is 0 Å². The van der Waals surface area contributed by atoms with Crippen LogP contribution in [0.5, 0.6) is 0 Å². The number of rotatable bonds is 15. The lowest BCUT2D eigenvalue weighted by atomic mass is 9.80. The van der Waals surface area contributed by atoms with Crippen LogP contribution in [0.2, 0.25) is 0 Å². The van der Waals surface area contributed by atoms with Gasteiger partial charge in [-0.2, -0.15) is 0 Å². The van der Waals surface area contributed by atoms with Gasteiger partial charge in [0.1, 0.15) is 0 Å². The largest absolute Gasteiger partial charge is 0.481 e. The van der Waals surface area contributed by atoms with Crippen molar-refractivity contribution in [1.29, 1.82) is 0 Å². The first-order valence-corrected chi connectivity index (χ1v) is 15.0. The van der Waals surface area contributed by atoms with Crippen molar-refractivity contribution >= 4 is 17.9 Å². The van der Waals surface area contributed by atoms with Gasteiger partial charge in [0.2, 0.25) is 0 Å². The minimum atomic E-state index is -1.21. The number of hydrogen-bond acceptors (Lipinski definition) is 10. The maximum absolute atomic E-state index is 13.1. The Labute approximate surface area is 241 Å². The van der Waals surface area contributed by atoms with Gasteiger partial charge in [0.25, 0.3) is 0 Å². The molecular formula is C28H39N3O11. The van der Waals surface area contributed by atoms with Crippen molar-refractivity contribution in [2.24, 2.45) is 11.8 Å². The molecule has 232 valence electrons. The molecule has 42 heavy (non-hydrogen) atoms. The summed E-state index contributed by atoms with van der Waals surface area (Å²) in [4.78, 5) is 74.8. The van der Waals surface area contributed by atoms with E-state index in [9.17, 15) is 28.8 Å². The van der Waals surface area contributed by atoms with Crippen LogP contribution in [-0.2, 0) is 53.0 Å². The minimum absolute atomic E-state index is 0.0329. The second-order valence-electron chi connectivity index (χ2n) is 11.8. The molecule has 3 aliphatic heterocycles. The third-order valence-corrected chi connectivity index (χ3v) is 8.76. The Bertz CT molecular complexity index is 1340. The molecule has 0 spiro atoms. The number of carboxylic acids is 1. The number of aliphatic carboxylic acids is 1. The summed E-state index contributed by atoms with van der Waals surface area (Å²) < 4.78 is 24.3. The predicted molar refractivity (Wildman–Crippen MR) is 144 cm³/mol.